The van der Waals surface area contributed by atoms with Crippen LogP contribution in [0.5, 0.6) is 0 Å². The van der Waals surface area contributed by atoms with Crippen LogP contribution in [0.4, 0.5) is 0 Å². The Bertz CT molecular complexity index is 606. The highest BCUT2D eigenvalue weighted by molar-refractivity contribution is 5.13. The Morgan fingerprint density at radius 3 is 1.26 bits per heavy atom. The highest BCUT2D eigenvalue weighted by Gasteiger charge is 1.96. The topological polar surface area (TPSA) is 38.7 Å². The van der Waals surface area contributed by atoms with Crippen molar-refractivity contribution in [2.75, 3.05) is 0 Å². The molecule has 3 heterocycles. The van der Waals surface area contributed by atoms with Crippen LogP contribution in [0.3, 0.4) is 0 Å². The van der Waals surface area contributed by atoms with Gasteiger partial charge in [0.05, 0.1) is 0 Å². The first-order valence-corrected chi connectivity index (χ1v) is 12.6. The first-order chi connectivity index (χ1) is 15.9. The molecule has 0 fully saturated rings. The van der Waals surface area contributed by atoms with Crippen molar-refractivity contribution < 1.29 is 0 Å². The Labute approximate surface area is 220 Å². The van der Waals surface area contributed by atoms with Gasteiger partial charge in [-0.05, 0) is 59.2 Å². The minimum Gasteiger partial charge on any atom is -0.265 e. The van der Waals surface area contributed by atoms with Crippen LogP contribution in [0.1, 0.15) is 133 Å². The lowest BCUT2D eigenvalue weighted by Crippen LogP contribution is -1.88. The van der Waals surface area contributed by atoms with Gasteiger partial charge in [0.15, 0.2) is 0 Å². The van der Waals surface area contributed by atoms with Crippen LogP contribution in [-0.2, 0) is 0 Å². The number of rotatable bonds is 3. The molecule has 0 aliphatic heterocycles. The molecule has 0 amide bonds. The zero-order valence-corrected chi connectivity index (χ0v) is 23.5. The SMILES string of the molecule is C.C.CC.CC.CC.CC(C)c1ccccn1.CC(C)c1cccnc1.CC(C)c1ccncc1. The lowest BCUT2D eigenvalue weighted by molar-refractivity contribution is 0.823. The van der Waals surface area contributed by atoms with E-state index in [1.807, 2.05) is 103 Å². The van der Waals surface area contributed by atoms with Gasteiger partial charge >= 0.3 is 0 Å². The standard InChI is InChI=1S/3C8H11N.3C2H6.2CH4/c1-7(2)8-3-5-9-6-4-8;1-7(2)8-4-3-5-9-6-8;1-7(2)8-5-3-4-6-9-8;3*1-2;;/h3*3-7H,1-2H3;3*1-2H3;2*1H4. The molecule has 0 N–H and O–H groups in total. The van der Waals surface area contributed by atoms with Gasteiger partial charge in [0.2, 0.25) is 0 Å². The number of pyridine rings is 3. The molecule has 0 aliphatic rings. The molecule has 35 heavy (non-hydrogen) atoms. The molecule has 3 aromatic rings. The summed E-state index contributed by atoms with van der Waals surface area (Å²) in [5, 5.41) is 0. The molecule has 0 aromatic carbocycles. The third-order valence-corrected chi connectivity index (χ3v) is 4.00. The maximum atomic E-state index is 4.18. The van der Waals surface area contributed by atoms with Crippen molar-refractivity contribution in [3.8, 4) is 0 Å². The minimum absolute atomic E-state index is 0. The fourth-order valence-corrected chi connectivity index (χ4v) is 2.18. The molecule has 3 rings (SSSR count). The van der Waals surface area contributed by atoms with Crippen molar-refractivity contribution in [2.24, 2.45) is 0 Å². The summed E-state index contributed by atoms with van der Waals surface area (Å²) in [6.45, 7) is 25.0. The average molecular weight is 486 g/mol. The molecule has 0 atom stereocenters. The largest absolute Gasteiger partial charge is 0.265 e. The number of hydrogen-bond donors (Lipinski definition) is 0. The molecule has 202 valence electrons. The Morgan fingerprint density at radius 2 is 1.00 bits per heavy atom. The van der Waals surface area contributed by atoms with Crippen LogP contribution in [0, 0.1) is 0 Å². The smallest absolute Gasteiger partial charge is 0.0428 e. The fourth-order valence-electron chi connectivity index (χ4n) is 2.18. The van der Waals surface area contributed by atoms with Gasteiger partial charge in [0.1, 0.15) is 0 Å². The fraction of sp³-hybridized carbons (Fsp3) is 0.531. The van der Waals surface area contributed by atoms with E-state index in [4.69, 9.17) is 0 Å². The van der Waals surface area contributed by atoms with Gasteiger partial charge in [0, 0.05) is 36.7 Å². The first-order valence-electron chi connectivity index (χ1n) is 12.6. The maximum absolute atomic E-state index is 4.18. The first kappa shape index (κ1) is 42.6. The highest BCUT2D eigenvalue weighted by Crippen LogP contribution is 2.11. The van der Waals surface area contributed by atoms with E-state index >= 15 is 0 Å². The van der Waals surface area contributed by atoms with Crippen molar-refractivity contribution in [1.29, 1.82) is 0 Å². The molecular formula is C32H59N3. The van der Waals surface area contributed by atoms with Crippen molar-refractivity contribution >= 4 is 0 Å². The molecule has 0 bridgehead atoms. The van der Waals surface area contributed by atoms with Gasteiger partial charge in [-0.25, -0.2) is 0 Å². The van der Waals surface area contributed by atoms with E-state index in [0.717, 1.165) is 5.69 Å². The Hall–Kier alpha value is -2.55. The van der Waals surface area contributed by atoms with E-state index < -0.39 is 0 Å². The van der Waals surface area contributed by atoms with Gasteiger partial charge in [-0.3, -0.25) is 15.0 Å². The molecule has 0 unspecified atom stereocenters. The maximum Gasteiger partial charge on any atom is 0.0428 e. The summed E-state index contributed by atoms with van der Waals surface area (Å²) in [5.41, 5.74) is 3.82. The summed E-state index contributed by atoms with van der Waals surface area (Å²) in [4.78, 5) is 12.1. The second-order valence-corrected chi connectivity index (χ2v) is 7.29. The number of nitrogens with zero attached hydrogens (tertiary/aromatic N) is 3. The van der Waals surface area contributed by atoms with Gasteiger partial charge in [-0.1, -0.05) is 110 Å². The van der Waals surface area contributed by atoms with E-state index in [1.54, 1.807) is 6.20 Å². The zero-order valence-electron chi connectivity index (χ0n) is 23.5. The number of aromatic nitrogens is 3. The quantitative estimate of drug-likeness (QED) is 0.370. The van der Waals surface area contributed by atoms with Crippen LogP contribution in [0.2, 0.25) is 0 Å². The normalized spacial score (nSPS) is 8.31. The zero-order chi connectivity index (χ0) is 26.1. The Balaban J connectivity index is -0.000000113. The van der Waals surface area contributed by atoms with Gasteiger partial charge < -0.3 is 0 Å². The van der Waals surface area contributed by atoms with Gasteiger partial charge in [0.25, 0.3) is 0 Å². The van der Waals surface area contributed by atoms with Crippen molar-refractivity contribution in [3.63, 3.8) is 0 Å². The highest BCUT2D eigenvalue weighted by atomic mass is 14.7. The Kier molecular flexibility index (Phi) is 38.3. The van der Waals surface area contributed by atoms with Crippen LogP contribution in [-0.4, -0.2) is 15.0 Å². The third-order valence-electron chi connectivity index (χ3n) is 4.00. The van der Waals surface area contributed by atoms with E-state index in [0.29, 0.717) is 17.8 Å². The summed E-state index contributed by atoms with van der Waals surface area (Å²) in [7, 11) is 0. The molecule has 0 aliphatic carbocycles. The summed E-state index contributed by atoms with van der Waals surface area (Å²) < 4.78 is 0. The molecule has 0 saturated heterocycles. The summed E-state index contributed by atoms with van der Waals surface area (Å²) >= 11 is 0. The summed E-state index contributed by atoms with van der Waals surface area (Å²) in [5.74, 6) is 1.76. The van der Waals surface area contributed by atoms with Crippen molar-refractivity contribution in [1.82, 2.24) is 15.0 Å². The van der Waals surface area contributed by atoms with Crippen LogP contribution < -0.4 is 0 Å². The summed E-state index contributed by atoms with van der Waals surface area (Å²) in [6, 6.07) is 14.2. The minimum atomic E-state index is 0. The van der Waals surface area contributed by atoms with Crippen LogP contribution in [0.15, 0.2) is 73.4 Å². The lowest BCUT2D eigenvalue weighted by atomic mass is 10.1. The second kappa shape index (κ2) is 31.5. The molecular weight excluding hydrogens is 426 g/mol. The van der Waals surface area contributed by atoms with E-state index in [-0.39, 0.29) is 14.9 Å². The molecule has 3 heteroatoms. The van der Waals surface area contributed by atoms with Crippen molar-refractivity contribution in [3.05, 3.63) is 90.3 Å². The average Bonchev–Trinajstić information content (AvgIpc) is 2.90. The molecule has 0 saturated carbocycles. The van der Waals surface area contributed by atoms with Gasteiger partial charge in [-0.15, -0.1) is 0 Å². The van der Waals surface area contributed by atoms with E-state index in [2.05, 4.69) is 62.6 Å². The predicted octanol–water partition coefficient (Wildman–Crippen LogP) is 11.0. The number of hydrogen-bond acceptors (Lipinski definition) is 3. The second-order valence-electron chi connectivity index (χ2n) is 7.29. The predicted molar refractivity (Wildman–Crippen MR) is 162 cm³/mol. The molecule has 3 aromatic heterocycles. The van der Waals surface area contributed by atoms with E-state index in [1.165, 1.54) is 11.1 Å². The molecule has 0 spiro atoms. The molecule has 0 radical (unpaired) electrons. The lowest BCUT2D eigenvalue weighted by Gasteiger charge is -2.01. The van der Waals surface area contributed by atoms with E-state index in [9.17, 15) is 0 Å². The van der Waals surface area contributed by atoms with Crippen LogP contribution in [0.25, 0.3) is 0 Å². The van der Waals surface area contributed by atoms with Crippen molar-refractivity contribution in [2.45, 2.75) is 116 Å². The van der Waals surface area contributed by atoms with Crippen LogP contribution >= 0.6 is 0 Å². The third kappa shape index (κ3) is 24.4. The van der Waals surface area contributed by atoms with Gasteiger partial charge in [-0.2, -0.15) is 0 Å². The monoisotopic (exact) mass is 485 g/mol. The summed E-state index contributed by atoms with van der Waals surface area (Å²) in [6.07, 6.45) is 9.19. The Morgan fingerprint density at radius 1 is 0.486 bits per heavy atom. The molecule has 3 nitrogen and oxygen atoms in total.